The molecule has 0 bridgehead atoms. The summed E-state index contributed by atoms with van der Waals surface area (Å²) in [6.07, 6.45) is 1.43. The average molecular weight is 245 g/mol. The monoisotopic (exact) mass is 244 g/mol. The first kappa shape index (κ1) is 11.2. The molecular weight excluding hydrogens is 235 g/mol. The lowest BCUT2D eigenvalue weighted by Gasteiger charge is -2.14. The molecule has 1 aromatic rings. The molecule has 1 saturated carbocycles. The lowest BCUT2D eigenvalue weighted by Crippen LogP contribution is -2.13. The summed E-state index contributed by atoms with van der Waals surface area (Å²) in [6, 6.07) is 2.66. The van der Waals surface area contributed by atoms with Crippen molar-refractivity contribution in [2.24, 2.45) is 0 Å². The highest BCUT2D eigenvalue weighted by Crippen LogP contribution is 2.52. The molecule has 1 aromatic carbocycles. The molecule has 0 saturated heterocycles. The zero-order valence-corrected chi connectivity index (χ0v) is 9.09. The molecule has 2 N–H and O–H groups in total. The number of carbonyl (C=O) groups is 1. The number of carboxylic acid groups (broad SMARTS) is 1. The van der Waals surface area contributed by atoms with Gasteiger partial charge in [0.15, 0.2) is 11.6 Å². The van der Waals surface area contributed by atoms with Gasteiger partial charge in [0.1, 0.15) is 0 Å². The van der Waals surface area contributed by atoms with Gasteiger partial charge < -0.3 is 10.2 Å². The molecule has 0 amide bonds. The predicted octanol–water partition coefficient (Wildman–Crippen LogP) is 2.69. The molecule has 0 aliphatic heterocycles. The van der Waals surface area contributed by atoms with Gasteiger partial charge in [-0.25, -0.2) is 4.39 Å². The van der Waals surface area contributed by atoms with Crippen LogP contribution in [0, 0.1) is 5.82 Å². The van der Waals surface area contributed by atoms with E-state index >= 15 is 0 Å². The lowest BCUT2D eigenvalue weighted by atomic mass is 9.92. The number of phenolic OH excluding ortho intramolecular Hbond substituents is 1. The minimum absolute atomic E-state index is 0.0194. The molecule has 1 aliphatic carbocycles. The Labute approximate surface area is 96.5 Å². The van der Waals surface area contributed by atoms with Crippen molar-refractivity contribution in [1.82, 2.24) is 0 Å². The summed E-state index contributed by atoms with van der Waals surface area (Å²) in [4.78, 5) is 10.7. The van der Waals surface area contributed by atoms with Gasteiger partial charge in [-0.05, 0) is 30.5 Å². The Hall–Kier alpha value is -1.29. The normalized spacial score (nSPS) is 17.1. The van der Waals surface area contributed by atoms with Crippen molar-refractivity contribution in [2.45, 2.75) is 24.7 Å². The molecule has 0 radical (unpaired) electrons. The van der Waals surface area contributed by atoms with Gasteiger partial charge in [-0.1, -0.05) is 11.6 Å². The number of halogens is 2. The van der Waals surface area contributed by atoms with Crippen LogP contribution in [0.4, 0.5) is 4.39 Å². The molecule has 0 atom stereocenters. The summed E-state index contributed by atoms with van der Waals surface area (Å²) in [5.41, 5.74) is 0.125. The molecule has 1 aliphatic rings. The highest BCUT2D eigenvalue weighted by molar-refractivity contribution is 6.31. The molecule has 0 heterocycles. The molecule has 3 nitrogen and oxygen atoms in total. The van der Waals surface area contributed by atoms with E-state index in [0.29, 0.717) is 5.56 Å². The van der Waals surface area contributed by atoms with Crippen LogP contribution in [0.15, 0.2) is 12.1 Å². The Morgan fingerprint density at radius 1 is 1.50 bits per heavy atom. The van der Waals surface area contributed by atoms with Crippen molar-refractivity contribution in [3.63, 3.8) is 0 Å². The standard InChI is InChI=1S/C11H10ClFO3/c12-7-3-6(4-8(14)10(7)13)11(1-2-11)5-9(15)16/h3-4,14H,1-2,5H2,(H,15,16). The summed E-state index contributed by atoms with van der Waals surface area (Å²) >= 11 is 5.61. The van der Waals surface area contributed by atoms with E-state index in [-0.39, 0.29) is 11.4 Å². The molecule has 5 heteroatoms. The molecule has 0 spiro atoms. The largest absolute Gasteiger partial charge is 0.505 e. The summed E-state index contributed by atoms with van der Waals surface area (Å²) in [5.74, 6) is -2.30. The van der Waals surface area contributed by atoms with Gasteiger partial charge in [-0.2, -0.15) is 0 Å². The Bertz CT molecular complexity index is 432. The van der Waals surface area contributed by atoms with E-state index in [9.17, 15) is 14.3 Å². The predicted molar refractivity (Wildman–Crippen MR) is 56.2 cm³/mol. The number of hydrogen-bond donors (Lipinski definition) is 2. The first-order valence-electron chi connectivity index (χ1n) is 4.85. The number of phenols is 1. The minimum Gasteiger partial charge on any atom is -0.505 e. The molecule has 1 fully saturated rings. The van der Waals surface area contributed by atoms with Crippen LogP contribution in [0.5, 0.6) is 5.75 Å². The molecule has 0 unspecified atom stereocenters. The quantitative estimate of drug-likeness (QED) is 0.860. The lowest BCUT2D eigenvalue weighted by molar-refractivity contribution is -0.137. The maximum absolute atomic E-state index is 13.1. The van der Waals surface area contributed by atoms with Gasteiger partial charge in [0.2, 0.25) is 0 Å². The second-order valence-corrected chi connectivity index (χ2v) is 4.55. The SMILES string of the molecule is O=C(O)CC1(c2cc(O)c(F)c(Cl)c2)CC1. The van der Waals surface area contributed by atoms with E-state index < -0.39 is 23.0 Å². The summed E-state index contributed by atoms with van der Waals surface area (Å²) in [5, 5.41) is 17.9. The zero-order valence-electron chi connectivity index (χ0n) is 8.33. The molecule has 86 valence electrons. The average Bonchev–Trinajstić information content (AvgIpc) is 2.93. The first-order chi connectivity index (χ1) is 7.44. The van der Waals surface area contributed by atoms with Gasteiger partial charge in [-0.15, -0.1) is 0 Å². The maximum Gasteiger partial charge on any atom is 0.304 e. The van der Waals surface area contributed by atoms with Crippen LogP contribution in [0.2, 0.25) is 5.02 Å². The third-order valence-corrected chi connectivity index (χ3v) is 3.24. The van der Waals surface area contributed by atoms with Crippen molar-refractivity contribution < 1.29 is 19.4 Å². The summed E-state index contributed by atoms with van der Waals surface area (Å²) < 4.78 is 13.1. The molecular formula is C11H10ClFO3. The van der Waals surface area contributed by atoms with Crippen LogP contribution >= 0.6 is 11.6 Å². The van der Waals surface area contributed by atoms with Crippen LogP contribution in [-0.4, -0.2) is 16.2 Å². The third-order valence-electron chi connectivity index (χ3n) is 2.96. The van der Waals surface area contributed by atoms with Gasteiger partial charge in [-0.3, -0.25) is 4.79 Å². The highest BCUT2D eigenvalue weighted by Gasteiger charge is 2.46. The summed E-state index contributed by atoms with van der Waals surface area (Å²) in [7, 11) is 0. The molecule has 16 heavy (non-hydrogen) atoms. The fraction of sp³-hybridized carbons (Fsp3) is 0.364. The van der Waals surface area contributed by atoms with Crippen LogP contribution in [0.3, 0.4) is 0 Å². The Balaban J connectivity index is 2.38. The Morgan fingerprint density at radius 2 is 2.12 bits per heavy atom. The number of carboxylic acids is 1. The third kappa shape index (κ3) is 1.85. The van der Waals surface area contributed by atoms with Crippen molar-refractivity contribution in [3.8, 4) is 5.75 Å². The van der Waals surface area contributed by atoms with Crippen LogP contribution in [0.25, 0.3) is 0 Å². The van der Waals surface area contributed by atoms with Crippen molar-refractivity contribution >= 4 is 17.6 Å². The Kier molecular flexibility index (Phi) is 2.54. The van der Waals surface area contributed by atoms with E-state index in [4.69, 9.17) is 16.7 Å². The number of aliphatic carboxylic acids is 1. The highest BCUT2D eigenvalue weighted by atomic mass is 35.5. The van der Waals surface area contributed by atoms with E-state index in [2.05, 4.69) is 0 Å². The Morgan fingerprint density at radius 3 is 2.56 bits per heavy atom. The van der Waals surface area contributed by atoms with Crippen molar-refractivity contribution in [2.75, 3.05) is 0 Å². The fourth-order valence-corrected chi connectivity index (χ4v) is 2.10. The van der Waals surface area contributed by atoms with Crippen molar-refractivity contribution in [1.29, 1.82) is 0 Å². The van der Waals surface area contributed by atoms with E-state index in [1.807, 2.05) is 0 Å². The molecule has 0 aromatic heterocycles. The topological polar surface area (TPSA) is 57.5 Å². The van der Waals surface area contributed by atoms with Gasteiger partial charge in [0.05, 0.1) is 11.4 Å². The second-order valence-electron chi connectivity index (χ2n) is 4.14. The smallest absolute Gasteiger partial charge is 0.304 e. The second kappa shape index (κ2) is 3.63. The minimum atomic E-state index is -0.905. The number of benzene rings is 1. The van der Waals surface area contributed by atoms with Crippen LogP contribution in [0.1, 0.15) is 24.8 Å². The molecule has 2 rings (SSSR count). The van der Waals surface area contributed by atoms with Crippen LogP contribution < -0.4 is 0 Å². The fourth-order valence-electron chi connectivity index (χ4n) is 1.89. The van der Waals surface area contributed by atoms with E-state index in [1.165, 1.54) is 12.1 Å². The van der Waals surface area contributed by atoms with Crippen molar-refractivity contribution in [3.05, 3.63) is 28.5 Å². The van der Waals surface area contributed by atoms with E-state index in [0.717, 1.165) is 12.8 Å². The van der Waals surface area contributed by atoms with Gasteiger partial charge in [0.25, 0.3) is 0 Å². The zero-order chi connectivity index (χ0) is 11.9. The number of aromatic hydroxyl groups is 1. The van der Waals surface area contributed by atoms with Crippen LogP contribution in [-0.2, 0) is 10.2 Å². The van der Waals surface area contributed by atoms with Gasteiger partial charge in [0, 0.05) is 5.41 Å². The number of rotatable bonds is 3. The van der Waals surface area contributed by atoms with Gasteiger partial charge >= 0.3 is 5.97 Å². The van der Waals surface area contributed by atoms with E-state index in [1.54, 1.807) is 0 Å². The number of hydrogen-bond acceptors (Lipinski definition) is 2. The summed E-state index contributed by atoms with van der Waals surface area (Å²) in [6.45, 7) is 0. The first-order valence-corrected chi connectivity index (χ1v) is 5.23. The maximum atomic E-state index is 13.1.